The highest BCUT2D eigenvalue weighted by Crippen LogP contribution is 2.40. The molecule has 2 aliphatic rings. The normalized spacial score (nSPS) is 20.6. The van der Waals surface area contributed by atoms with E-state index in [0.717, 1.165) is 35.2 Å². The molecule has 1 N–H and O–H groups in total. The van der Waals surface area contributed by atoms with Gasteiger partial charge in [0.15, 0.2) is 0 Å². The molecule has 2 aromatic rings. The molecule has 4 rings (SSSR count). The van der Waals surface area contributed by atoms with Gasteiger partial charge in [-0.2, -0.15) is 0 Å². The quantitative estimate of drug-likeness (QED) is 0.223. The summed E-state index contributed by atoms with van der Waals surface area (Å²) in [5, 5.41) is 11.2. The number of benzene rings is 2. The highest BCUT2D eigenvalue weighted by Gasteiger charge is 2.45. The molecule has 0 aromatic heterocycles. The maximum Gasteiger partial charge on any atom is 0.295 e. The molecule has 0 saturated carbocycles. The van der Waals surface area contributed by atoms with E-state index in [1.165, 1.54) is 0 Å². The summed E-state index contributed by atoms with van der Waals surface area (Å²) in [6.07, 6.45) is 0.730. The standard InChI is InChI=1S/C26H29IN2O5/c1-2-34-21-6-3-5-19(17-21)24(30)22-23(18-7-9-20(27)10-8-18)29(26(32)25(22)31)12-4-11-28-13-15-33-16-14-28/h3,5-10,17,23,30H,2,4,11-16H2,1H3/b24-22+. The monoisotopic (exact) mass is 576 g/mol. The number of likely N-dealkylation sites (tertiary alicyclic amines) is 1. The number of carbonyl (C=O) groups is 2. The Bertz CT molecular complexity index is 1060. The SMILES string of the molecule is CCOc1cccc(/C(O)=C2\C(=O)C(=O)N(CCCN3CCOCC3)C2c2ccc(I)cc2)c1. The van der Waals surface area contributed by atoms with Crippen LogP contribution in [0.25, 0.3) is 5.76 Å². The number of ketones is 1. The summed E-state index contributed by atoms with van der Waals surface area (Å²) < 4.78 is 12.0. The molecule has 34 heavy (non-hydrogen) atoms. The van der Waals surface area contributed by atoms with Crippen LogP contribution in [0.3, 0.4) is 0 Å². The van der Waals surface area contributed by atoms with E-state index in [4.69, 9.17) is 9.47 Å². The summed E-state index contributed by atoms with van der Waals surface area (Å²) in [6, 6.07) is 14.0. The molecule has 2 fully saturated rings. The lowest BCUT2D eigenvalue weighted by molar-refractivity contribution is -0.140. The van der Waals surface area contributed by atoms with Crippen LogP contribution in [0.1, 0.15) is 30.5 Å². The number of morpholine rings is 1. The van der Waals surface area contributed by atoms with Gasteiger partial charge < -0.3 is 19.5 Å². The molecule has 1 amide bonds. The second-order valence-electron chi connectivity index (χ2n) is 8.31. The van der Waals surface area contributed by atoms with E-state index in [0.29, 0.717) is 37.7 Å². The summed E-state index contributed by atoms with van der Waals surface area (Å²) in [4.78, 5) is 30.2. The topological polar surface area (TPSA) is 79.3 Å². The first kappa shape index (κ1) is 24.7. The molecule has 0 spiro atoms. The van der Waals surface area contributed by atoms with E-state index in [-0.39, 0.29) is 11.3 Å². The number of aliphatic hydroxyl groups excluding tert-OH is 1. The Labute approximate surface area is 213 Å². The molecule has 1 atom stereocenters. The maximum atomic E-state index is 13.2. The highest BCUT2D eigenvalue weighted by molar-refractivity contribution is 14.1. The summed E-state index contributed by atoms with van der Waals surface area (Å²) >= 11 is 2.22. The second-order valence-corrected chi connectivity index (χ2v) is 9.56. The van der Waals surface area contributed by atoms with Gasteiger partial charge in [-0.25, -0.2) is 0 Å². The van der Waals surface area contributed by atoms with Crippen LogP contribution in [-0.2, 0) is 14.3 Å². The molecule has 8 heteroatoms. The van der Waals surface area contributed by atoms with Crippen molar-refractivity contribution in [2.45, 2.75) is 19.4 Å². The first-order chi connectivity index (χ1) is 16.5. The van der Waals surface area contributed by atoms with Gasteiger partial charge in [0, 0.05) is 35.3 Å². The number of hydrogen-bond donors (Lipinski definition) is 1. The average molecular weight is 576 g/mol. The fourth-order valence-electron chi connectivity index (χ4n) is 4.45. The molecule has 2 heterocycles. The van der Waals surface area contributed by atoms with Crippen molar-refractivity contribution in [2.24, 2.45) is 0 Å². The van der Waals surface area contributed by atoms with Crippen molar-refractivity contribution in [3.8, 4) is 5.75 Å². The summed E-state index contributed by atoms with van der Waals surface area (Å²) in [5.41, 5.74) is 1.37. The van der Waals surface area contributed by atoms with E-state index in [9.17, 15) is 14.7 Å². The molecule has 2 aliphatic heterocycles. The Kier molecular flexibility index (Phi) is 8.23. The minimum Gasteiger partial charge on any atom is -0.507 e. The van der Waals surface area contributed by atoms with Crippen molar-refractivity contribution in [1.82, 2.24) is 9.80 Å². The Morgan fingerprint density at radius 2 is 1.85 bits per heavy atom. The van der Waals surface area contributed by atoms with Gasteiger partial charge in [-0.1, -0.05) is 24.3 Å². The van der Waals surface area contributed by atoms with Gasteiger partial charge in [0.1, 0.15) is 11.5 Å². The van der Waals surface area contributed by atoms with Crippen molar-refractivity contribution < 1.29 is 24.2 Å². The Balaban J connectivity index is 1.67. The zero-order valence-corrected chi connectivity index (χ0v) is 21.4. The van der Waals surface area contributed by atoms with Crippen molar-refractivity contribution in [3.05, 3.63) is 68.8 Å². The van der Waals surface area contributed by atoms with Gasteiger partial charge >= 0.3 is 0 Å². The minimum absolute atomic E-state index is 0.117. The van der Waals surface area contributed by atoms with Gasteiger partial charge in [0.05, 0.1) is 31.4 Å². The largest absolute Gasteiger partial charge is 0.507 e. The molecule has 0 radical (unpaired) electrons. The third-order valence-electron chi connectivity index (χ3n) is 6.12. The zero-order valence-electron chi connectivity index (χ0n) is 19.2. The molecule has 2 aromatic carbocycles. The van der Waals surface area contributed by atoms with Crippen LogP contribution in [-0.4, -0.2) is 72.6 Å². The molecule has 0 bridgehead atoms. The summed E-state index contributed by atoms with van der Waals surface area (Å²) in [5.74, 6) is -0.821. The van der Waals surface area contributed by atoms with Crippen LogP contribution in [0.2, 0.25) is 0 Å². The smallest absolute Gasteiger partial charge is 0.295 e. The fourth-order valence-corrected chi connectivity index (χ4v) is 4.81. The highest BCUT2D eigenvalue weighted by atomic mass is 127. The van der Waals surface area contributed by atoms with Crippen molar-refractivity contribution >= 4 is 40.0 Å². The number of hydrogen-bond acceptors (Lipinski definition) is 6. The zero-order chi connectivity index (χ0) is 24.1. The van der Waals surface area contributed by atoms with Crippen molar-refractivity contribution in [1.29, 1.82) is 0 Å². The van der Waals surface area contributed by atoms with E-state index < -0.39 is 17.7 Å². The van der Waals surface area contributed by atoms with Crippen LogP contribution in [0.4, 0.5) is 0 Å². The molecule has 7 nitrogen and oxygen atoms in total. The lowest BCUT2D eigenvalue weighted by Crippen LogP contribution is -2.38. The van der Waals surface area contributed by atoms with Crippen LogP contribution in [0.15, 0.2) is 54.1 Å². The number of nitrogens with zero attached hydrogens (tertiary/aromatic N) is 2. The Morgan fingerprint density at radius 1 is 1.12 bits per heavy atom. The first-order valence-electron chi connectivity index (χ1n) is 11.6. The predicted octanol–water partition coefficient (Wildman–Crippen LogP) is 3.83. The third kappa shape index (κ3) is 5.45. The van der Waals surface area contributed by atoms with Crippen LogP contribution in [0.5, 0.6) is 5.75 Å². The van der Waals surface area contributed by atoms with Gasteiger partial charge in [0.2, 0.25) is 0 Å². The Morgan fingerprint density at radius 3 is 2.56 bits per heavy atom. The molecule has 180 valence electrons. The van der Waals surface area contributed by atoms with Crippen molar-refractivity contribution in [3.63, 3.8) is 0 Å². The van der Waals surface area contributed by atoms with Crippen LogP contribution in [0, 0.1) is 3.57 Å². The molecular weight excluding hydrogens is 547 g/mol. The number of aliphatic hydroxyl groups is 1. The first-order valence-corrected chi connectivity index (χ1v) is 12.6. The lowest BCUT2D eigenvalue weighted by Gasteiger charge is -2.29. The molecule has 2 saturated heterocycles. The minimum atomic E-state index is -0.658. The number of carbonyl (C=O) groups excluding carboxylic acids is 2. The number of ether oxygens (including phenoxy) is 2. The maximum absolute atomic E-state index is 13.2. The van der Waals surface area contributed by atoms with Gasteiger partial charge in [-0.05, 0) is 65.8 Å². The molecule has 1 unspecified atom stereocenters. The number of amides is 1. The molecule has 0 aliphatic carbocycles. The van der Waals surface area contributed by atoms with Crippen molar-refractivity contribution in [2.75, 3.05) is 46.0 Å². The summed E-state index contributed by atoms with van der Waals surface area (Å²) in [6.45, 7) is 6.79. The van der Waals surface area contributed by atoms with E-state index in [1.54, 1.807) is 29.2 Å². The van der Waals surface area contributed by atoms with Gasteiger partial charge in [-0.3, -0.25) is 14.5 Å². The average Bonchev–Trinajstić information content (AvgIpc) is 3.10. The van der Waals surface area contributed by atoms with E-state index >= 15 is 0 Å². The van der Waals surface area contributed by atoms with E-state index in [1.807, 2.05) is 31.2 Å². The van der Waals surface area contributed by atoms with Crippen LogP contribution >= 0.6 is 22.6 Å². The lowest BCUT2D eigenvalue weighted by atomic mass is 9.95. The third-order valence-corrected chi connectivity index (χ3v) is 6.84. The van der Waals surface area contributed by atoms with Gasteiger partial charge in [-0.15, -0.1) is 0 Å². The molecular formula is C26H29IN2O5. The second kappa shape index (κ2) is 11.3. The van der Waals surface area contributed by atoms with Crippen LogP contribution < -0.4 is 4.74 Å². The van der Waals surface area contributed by atoms with E-state index in [2.05, 4.69) is 27.5 Å². The number of halogens is 1. The predicted molar refractivity (Wildman–Crippen MR) is 138 cm³/mol. The van der Waals surface area contributed by atoms with Gasteiger partial charge in [0.25, 0.3) is 11.7 Å². The fraction of sp³-hybridized carbons (Fsp3) is 0.385. The Hall–Kier alpha value is -2.43. The number of rotatable bonds is 8. The summed E-state index contributed by atoms with van der Waals surface area (Å²) in [7, 11) is 0. The number of Topliss-reactive ketones (excluding diaryl/α,β-unsaturated/α-hetero) is 1.